The minimum absolute atomic E-state index is 0.0101. The quantitative estimate of drug-likeness (QED) is 0.799. The van der Waals surface area contributed by atoms with Gasteiger partial charge in [-0.2, -0.15) is 5.26 Å². The normalized spacial score (nSPS) is 10.4. The number of alkyl halides is 3. The second-order valence-electron chi connectivity index (χ2n) is 2.72. The molecule has 0 aliphatic rings. The zero-order valence-corrected chi connectivity index (χ0v) is 9.82. The first-order valence-corrected chi connectivity index (χ1v) is 5.31. The monoisotopic (exact) mass is 294 g/mol. The van der Waals surface area contributed by atoms with Crippen LogP contribution in [0.5, 0.6) is 0 Å². The zero-order chi connectivity index (χ0) is 11.4. The summed E-state index contributed by atoms with van der Waals surface area (Å²) in [5, 5.41) is 8.56. The van der Waals surface area contributed by atoms with Crippen LogP contribution in [0.1, 0.15) is 23.2 Å². The predicted molar refractivity (Wildman–Crippen MR) is 55.8 cm³/mol. The Hall–Kier alpha value is -0.730. The van der Waals surface area contributed by atoms with Gasteiger partial charge in [0, 0.05) is 16.2 Å². The fourth-order valence-corrected chi connectivity index (χ4v) is 1.98. The first kappa shape index (κ1) is 12.3. The van der Waals surface area contributed by atoms with Gasteiger partial charge in [-0.15, -0.1) is 11.6 Å². The molecule has 0 N–H and O–H groups in total. The maximum atomic E-state index is 12.5. The number of hydrogen-bond donors (Lipinski definition) is 0. The topological polar surface area (TPSA) is 36.7 Å². The van der Waals surface area contributed by atoms with E-state index >= 15 is 0 Å². The van der Waals surface area contributed by atoms with E-state index in [1.54, 1.807) is 0 Å². The van der Waals surface area contributed by atoms with Gasteiger partial charge in [0.15, 0.2) is 0 Å². The highest BCUT2D eigenvalue weighted by Crippen LogP contribution is 2.31. The second-order valence-corrected chi connectivity index (χ2v) is 3.78. The van der Waals surface area contributed by atoms with Crippen LogP contribution in [0.4, 0.5) is 8.78 Å². The van der Waals surface area contributed by atoms with Crippen LogP contribution in [0.3, 0.4) is 0 Å². The molecule has 0 aromatic carbocycles. The minimum Gasteiger partial charge on any atom is -0.259 e. The van der Waals surface area contributed by atoms with Crippen LogP contribution in [-0.4, -0.2) is 4.98 Å². The van der Waals surface area contributed by atoms with Gasteiger partial charge < -0.3 is 0 Å². The van der Waals surface area contributed by atoms with E-state index < -0.39 is 6.43 Å². The molecule has 0 bridgehead atoms. The molecule has 0 amide bonds. The molecule has 1 rings (SSSR count). The molecule has 80 valence electrons. The highest BCUT2D eigenvalue weighted by molar-refractivity contribution is 9.10. The SMILES string of the molecule is N#CCc1c(CCl)ncc(C(F)F)c1Br. The first-order chi connectivity index (χ1) is 7.11. The van der Waals surface area contributed by atoms with Crippen molar-refractivity contribution in [3.05, 3.63) is 27.5 Å². The van der Waals surface area contributed by atoms with Crippen molar-refractivity contribution in [2.75, 3.05) is 0 Å². The van der Waals surface area contributed by atoms with Gasteiger partial charge >= 0.3 is 0 Å². The molecule has 1 aromatic heterocycles. The third-order valence-corrected chi connectivity index (χ3v) is 3.03. The molecule has 6 heteroatoms. The van der Waals surface area contributed by atoms with Crippen molar-refractivity contribution in [1.82, 2.24) is 4.98 Å². The summed E-state index contributed by atoms with van der Waals surface area (Å²) in [5.74, 6) is 0.0964. The van der Waals surface area contributed by atoms with Gasteiger partial charge in [0.2, 0.25) is 0 Å². The number of nitriles is 1. The molecular formula is C9H6BrClF2N2. The number of nitrogens with zero attached hydrogens (tertiary/aromatic N) is 2. The standard InChI is InChI=1S/C9H6BrClF2N2/c10-8-5(1-2-14)7(3-11)15-4-6(8)9(12)13/h4,9H,1,3H2. The highest BCUT2D eigenvalue weighted by Gasteiger charge is 2.17. The Kier molecular flexibility index (Phi) is 4.43. The maximum absolute atomic E-state index is 12.5. The van der Waals surface area contributed by atoms with Crippen molar-refractivity contribution in [2.24, 2.45) is 0 Å². The van der Waals surface area contributed by atoms with E-state index in [2.05, 4.69) is 20.9 Å². The molecule has 2 nitrogen and oxygen atoms in total. The molecule has 0 unspecified atom stereocenters. The second kappa shape index (κ2) is 5.38. The average Bonchev–Trinajstić information content (AvgIpc) is 2.20. The molecule has 1 heterocycles. The lowest BCUT2D eigenvalue weighted by Gasteiger charge is -2.09. The number of halogens is 4. The summed E-state index contributed by atoms with van der Waals surface area (Å²) in [6.07, 6.45) is -1.53. The molecule has 0 saturated carbocycles. The Morgan fingerprint density at radius 2 is 2.27 bits per heavy atom. The molecular weight excluding hydrogens is 289 g/mol. The molecule has 15 heavy (non-hydrogen) atoms. The smallest absolute Gasteiger partial charge is 0.259 e. The summed E-state index contributed by atoms with van der Waals surface area (Å²) in [6, 6.07) is 1.89. The van der Waals surface area contributed by atoms with Gasteiger partial charge in [-0.1, -0.05) is 0 Å². The van der Waals surface area contributed by atoms with E-state index in [0.717, 1.165) is 6.20 Å². The fraction of sp³-hybridized carbons (Fsp3) is 0.333. The molecule has 0 atom stereocenters. The van der Waals surface area contributed by atoms with E-state index in [1.165, 1.54) is 0 Å². The van der Waals surface area contributed by atoms with Gasteiger partial charge in [-0.25, -0.2) is 8.78 Å². The van der Waals surface area contributed by atoms with Crippen molar-refractivity contribution in [3.63, 3.8) is 0 Å². The lowest BCUT2D eigenvalue weighted by atomic mass is 10.1. The van der Waals surface area contributed by atoms with Crippen LogP contribution in [-0.2, 0) is 12.3 Å². The van der Waals surface area contributed by atoms with Crippen LogP contribution in [0.15, 0.2) is 10.7 Å². The van der Waals surface area contributed by atoms with E-state index in [4.69, 9.17) is 16.9 Å². The third kappa shape index (κ3) is 2.64. The minimum atomic E-state index is -2.62. The first-order valence-electron chi connectivity index (χ1n) is 3.99. The van der Waals surface area contributed by atoms with Gasteiger partial charge in [0.25, 0.3) is 6.43 Å². The third-order valence-electron chi connectivity index (χ3n) is 1.84. The summed E-state index contributed by atoms with van der Waals surface area (Å²) < 4.78 is 25.2. The van der Waals surface area contributed by atoms with Gasteiger partial charge in [0.1, 0.15) is 0 Å². The van der Waals surface area contributed by atoms with Crippen molar-refractivity contribution in [1.29, 1.82) is 5.26 Å². The maximum Gasteiger partial charge on any atom is 0.266 e. The Morgan fingerprint density at radius 3 is 2.73 bits per heavy atom. The van der Waals surface area contributed by atoms with Gasteiger partial charge in [-0.3, -0.25) is 4.98 Å². The summed E-state index contributed by atoms with van der Waals surface area (Å²) in [7, 11) is 0. The molecule has 0 aliphatic carbocycles. The largest absolute Gasteiger partial charge is 0.266 e. The number of pyridine rings is 1. The summed E-state index contributed by atoms with van der Waals surface area (Å²) >= 11 is 8.64. The van der Waals surface area contributed by atoms with E-state index in [-0.39, 0.29) is 22.3 Å². The average molecular weight is 296 g/mol. The van der Waals surface area contributed by atoms with Crippen molar-refractivity contribution in [2.45, 2.75) is 18.7 Å². The molecule has 0 radical (unpaired) electrons. The van der Waals surface area contributed by atoms with Crippen molar-refractivity contribution < 1.29 is 8.78 Å². The fourth-order valence-electron chi connectivity index (χ4n) is 1.11. The predicted octanol–water partition coefficient (Wildman–Crippen LogP) is 3.59. The Labute approximate surface area is 99.0 Å². The van der Waals surface area contributed by atoms with E-state index in [1.807, 2.05) is 6.07 Å². The van der Waals surface area contributed by atoms with Crippen LogP contribution >= 0.6 is 27.5 Å². The molecule has 0 fully saturated rings. The Balaban J connectivity index is 3.30. The summed E-state index contributed by atoms with van der Waals surface area (Å²) in [6.45, 7) is 0. The number of rotatable bonds is 3. The molecule has 1 aromatic rings. The van der Waals surface area contributed by atoms with Crippen LogP contribution < -0.4 is 0 Å². The van der Waals surface area contributed by atoms with Gasteiger partial charge in [-0.05, 0) is 15.9 Å². The van der Waals surface area contributed by atoms with E-state index in [0.29, 0.717) is 11.3 Å². The Bertz CT molecular complexity index is 404. The van der Waals surface area contributed by atoms with Crippen LogP contribution in [0.2, 0.25) is 0 Å². The van der Waals surface area contributed by atoms with Crippen LogP contribution in [0, 0.1) is 11.3 Å². The molecule has 0 aliphatic heterocycles. The highest BCUT2D eigenvalue weighted by atomic mass is 79.9. The van der Waals surface area contributed by atoms with Crippen molar-refractivity contribution in [3.8, 4) is 6.07 Å². The summed E-state index contributed by atoms with van der Waals surface area (Å²) in [5.41, 5.74) is 0.675. The number of aromatic nitrogens is 1. The van der Waals surface area contributed by atoms with Crippen LogP contribution in [0.25, 0.3) is 0 Å². The Morgan fingerprint density at radius 1 is 1.60 bits per heavy atom. The van der Waals surface area contributed by atoms with Gasteiger partial charge in [0.05, 0.1) is 29.6 Å². The zero-order valence-electron chi connectivity index (χ0n) is 7.48. The van der Waals surface area contributed by atoms with Crippen molar-refractivity contribution >= 4 is 27.5 Å². The number of hydrogen-bond acceptors (Lipinski definition) is 2. The molecule has 0 spiro atoms. The molecule has 0 saturated heterocycles. The lowest BCUT2D eigenvalue weighted by Crippen LogP contribution is -2.00. The summed E-state index contributed by atoms with van der Waals surface area (Å²) in [4.78, 5) is 3.80. The van der Waals surface area contributed by atoms with E-state index in [9.17, 15) is 8.78 Å². The lowest BCUT2D eigenvalue weighted by molar-refractivity contribution is 0.150.